The van der Waals surface area contributed by atoms with Crippen LogP contribution in [0.15, 0.2) is 36.4 Å². The van der Waals surface area contributed by atoms with Crippen LogP contribution in [-0.2, 0) is 14.8 Å². The van der Waals surface area contributed by atoms with E-state index in [1.165, 1.54) is 6.07 Å². The number of carbonyl (C=O) groups excluding carboxylic acids is 1. The highest BCUT2D eigenvalue weighted by Crippen LogP contribution is 2.26. The van der Waals surface area contributed by atoms with E-state index in [1.54, 1.807) is 37.3 Å². The van der Waals surface area contributed by atoms with Crippen molar-refractivity contribution in [3.63, 3.8) is 0 Å². The van der Waals surface area contributed by atoms with Crippen molar-refractivity contribution in [2.45, 2.75) is 13.8 Å². The highest BCUT2D eigenvalue weighted by Gasteiger charge is 2.22. The summed E-state index contributed by atoms with van der Waals surface area (Å²) < 4.78 is 25.2. The number of aryl methyl sites for hydroxylation is 1. The predicted molar refractivity (Wildman–Crippen MR) is 103 cm³/mol. The van der Waals surface area contributed by atoms with Gasteiger partial charge in [-0.25, -0.2) is 8.42 Å². The van der Waals surface area contributed by atoms with E-state index in [0.29, 0.717) is 27.0 Å². The summed E-state index contributed by atoms with van der Waals surface area (Å²) in [6.45, 7) is 3.21. The molecule has 0 radical (unpaired) electrons. The Morgan fingerprint density at radius 1 is 1.12 bits per heavy atom. The molecule has 0 aliphatic carbocycles. The van der Waals surface area contributed by atoms with Crippen molar-refractivity contribution in [3.05, 3.63) is 57.6 Å². The first kappa shape index (κ1) is 19.6. The number of rotatable bonds is 5. The summed E-state index contributed by atoms with van der Waals surface area (Å²) in [6.07, 6.45) is 1.04. The number of halogens is 2. The summed E-state index contributed by atoms with van der Waals surface area (Å²) in [4.78, 5) is 12.4. The van der Waals surface area contributed by atoms with Crippen LogP contribution >= 0.6 is 23.2 Å². The van der Waals surface area contributed by atoms with Gasteiger partial charge in [0.05, 0.1) is 11.9 Å². The maximum Gasteiger partial charge on any atom is 0.245 e. The van der Waals surface area contributed by atoms with Crippen molar-refractivity contribution in [2.24, 2.45) is 0 Å². The third kappa shape index (κ3) is 4.87. The van der Waals surface area contributed by atoms with E-state index in [9.17, 15) is 13.2 Å². The fourth-order valence-electron chi connectivity index (χ4n) is 2.20. The molecule has 0 aliphatic rings. The van der Waals surface area contributed by atoms with Gasteiger partial charge >= 0.3 is 0 Å². The van der Waals surface area contributed by atoms with E-state index >= 15 is 0 Å². The van der Waals surface area contributed by atoms with Crippen LogP contribution in [-0.4, -0.2) is 27.1 Å². The molecule has 8 heteroatoms. The fourth-order valence-corrected chi connectivity index (χ4v) is 3.40. The van der Waals surface area contributed by atoms with E-state index in [-0.39, 0.29) is 6.54 Å². The highest BCUT2D eigenvalue weighted by molar-refractivity contribution is 7.92. The van der Waals surface area contributed by atoms with Crippen molar-refractivity contribution >= 4 is 50.5 Å². The topological polar surface area (TPSA) is 66.5 Å². The Hall–Kier alpha value is -1.76. The molecule has 0 aromatic heterocycles. The van der Waals surface area contributed by atoms with Crippen LogP contribution < -0.4 is 9.62 Å². The lowest BCUT2D eigenvalue weighted by Crippen LogP contribution is -2.37. The molecule has 0 saturated carbocycles. The van der Waals surface area contributed by atoms with Crippen molar-refractivity contribution < 1.29 is 13.2 Å². The van der Waals surface area contributed by atoms with Crippen molar-refractivity contribution in [2.75, 3.05) is 22.4 Å². The molecule has 0 heterocycles. The molecular weight excluding hydrogens is 383 g/mol. The van der Waals surface area contributed by atoms with Gasteiger partial charge in [-0.1, -0.05) is 35.3 Å². The first-order valence-electron chi connectivity index (χ1n) is 7.38. The molecule has 134 valence electrons. The molecule has 0 unspecified atom stereocenters. The van der Waals surface area contributed by atoms with Crippen LogP contribution in [0.25, 0.3) is 0 Å². The third-order valence-corrected chi connectivity index (χ3v) is 5.63. The number of sulfonamides is 1. The van der Waals surface area contributed by atoms with E-state index in [1.807, 2.05) is 6.92 Å². The van der Waals surface area contributed by atoms with Gasteiger partial charge in [-0.2, -0.15) is 0 Å². The Morgan fingerprint density at radius 2 is 1.80 bits per heavy atom. The molecule has 2 aromatic rings. The van der Waals surface area contributed by atoms with E-state index in [4.69, 9.17) is 23.2 Å². The minimum absolute atomic E-state index is 0.330. The summed E-state index contributed by atoms with van der Waals surface area (Å²) in [5, 5.41) is 3.63. The standard InChI is InChI=1S/C17H18Cl2N2O3S/c1-11-7-8-13(9-15(11)19)21(25(3,23)24)10-17(22)20-16-6-4-5-14(18)12(16)2/h4-9H,10H2,1-3H3,(H,20,22). The molecule has 2 aromatic carbocycles. The molecule has 0 fully saturated rings. The predicted octanol–water partition coefficient (Wildman–Crippen LogP) is 4.01. The number of nitrogens with one attached hydrogen (secondary N) is 1. The molecule has 1 N–H and O–H groups in total. The molecular formula is C17H18Cl2N2O3S. The van der Waals surface area contributed by atoms with Crippen molar-refractivity contribution in [3.8, 4) is 0 Å². The SMILES string of the molecule is Cc1ccc(N(CC(=O)Nc2cccc(Cl)c2C)S(C)(=O)=O)cc1Cl. The number of hydrogen-bond acceptors (Lipinski definition) is 3. The first-order chi connectivity index (χ1) is 11.6. The van der Waals surface area contributed by atoms with Gasteiger partial charge in [-0.3, -0.25) is 9.10 Å². The molecule has 0 saturated heterocycles. The van der Waals surface area contributed by atoms with Crippen LogP contribution in [0.3, 0.4) is 0 Å². The van der Waals surface area contributed by atoms with Gasteiger partial charge in [0.2, 0.25) is 15.9 Å². The Morgan fingerprint density at radius 3 is 2.40 bits per heavy atom. The lowest BCUT2D eigenvalue weighted by Gasteiger charge is -2.22. The second-order valence-corrected chi connectivity index (χ2v) is 8.38. The molecule has 0 aliphatic heterocycles. The molecule has 5 nitrogen and oxygen atoms in total. The fraction of sp³-hybridized carbons (Fsp3) is 0.235. The van der Waals surface area contributed by atoms with Gasteiger partial charge in [0.1, 0.15) is 6.54 Å². The second kappa shape index (κ2) is 7.64. The van der Waals surface area contributed by atoms with E-state index < -0.39 is 15.9 Å². The monoisotopic (exact) mass is 400 g/mol. The number of amides is 1. The Labute approximate surface area is 157 Å². The van der Waals surface area contributed by atoms with Gasteiger partial charge in [0.15, 0.2) is 0 Å². The van der Waals surface area contributed by atoms with Gasteiger partial charge in [-0.15, -0.1) is 0 Å². The number of benzene rings is 2. The summed E-state index contributed by atoms with van der Waals surface area (Å²) in [7, 11) is -3.67. The van der Waals surface area contributed by atoms with E-state index in [0.717, 1.165) is 16.1 Å². The number of carbonyl (C=O) groups is 1. The number of anilines is 2. The summed E-state index contributed by atoms with van der Waals surface area (Å²) in [5.74, 6) is -0.479. The smallest absolute Gasteiger partial charge is 0.245 e. The quantitative estimate of drug-likeness (QED) is 0.823. The normalized spacial score (nSPS) is 11.2. The molecule has 0 spiro atoms. The van der Waals surface area contributed by atoms with Crippen LogP contribution in [0.1, 0.15) is 11.1 Å². The lowest BCUT2D eigenvalue weighted by molar-refractivity contribution is -0.114. The molecule has 25 heavy (non-hydrogen) atoms. The maximum atomic E-state index is 12.4. The average Bonchev–Trinajstić information content (AvgIpc) is 2.51. The van der Waals surface area contributed by atoms with Gasteiger partial charge in [-0.05, 0) is 49.2 Å². The van der Waals surface area contributed by atoms with E-state index in [2.05, 4.69) is 5.32 Å². The summed E-state index contributed by atoms with van der Waals surface area (Å²) >= 11 is 12.1. The second-order valence-electron chi connectivity index (χ2n) is 5.66. The molecule has 2 rings (SSSR count). The Bertz CT molecular complexity index is 914. The van der Waals surface area contributed by atoms with Crippen LogP contribution in [0.2, 0.25) is 10.0 Å². The largest absolute Gasteiger partial charge is 0.324 e. The number of nitrogens with zero attached hydrogens (tertiary/aromatic N) is 1. The first-order valence-corrected chi connectivity index (χ1v) is 9.99. The third-order valence-electron chi connectivity index (χ3n) is 3.67. The minimum Gasteiger partial charge on any atom is -0.324 e. The average molecular weight is 401 g/mol. The Balaban J connectivity index is 2.27. The minimum atomic E-state index is -3.67. The van der Waals surface area contributed by atoms with Crippen LogP contribution in [0.4, 0.5) is 11.4 Å². The van der Waals surface area contributed by atoms with Gasteiger partial charge in [0.25, 0.3) is 0 Å². The maximum absolute atomic E-state index is 12.4. The Kier molecular flexibility index (Phi) is 5.98. The highest BCUT2D eigenvalue weighted by atomic mass is 35.5. The van der Waals surface area contributed by atoms with Crippen molar-refractivity contribution in [1.82, 2.24) is 0 Å². The number of hydrogen-bond donors (Lipinski definition) is 1. The summed E-state index contributed by atoms with van der Waals surface area (Å²) in [6, 6.07) is 9.96. The van der Waals surface area contributed by atoms with Crippen molar-refractivity contribution in [1.29, 1.82) is 0 Å². The lowest BCUT2D eigenvalue weighted by atomic mass is 10.2. The van der Waals surface area contributed by atoms with Gasteiger partial charge in [0, 0.05) is 15.7 Å². The zero-order valence-electron chi connectivity index (χ0n) is 14.0. The van der Waals surface area contributed by atoms with Crippen LogP contribution in [0.5, 0.6) is 0 Å². The van der Waals surface area contributed by atoms with Gasteiger partial charge < -0.3 is 5.32 Å². The summed E-state index contributed by atoms with van der Waals surface area (Å²) in [5.41, 5.74) is 2.39. The zero-order valence-corrected chi connectivity index (χ0v) is 16.3. The zero-order chi connectivity index (χ0) is 18.8. The molecule has 0 bridgehead atoms. The van der Waals surface area contributed by atoms with Crippen LogP contribution in [0, 0.1) is 13.8 Å². The molecule has 0 atom stereocenters. The molecule has 1 amide bonds.